The number of nitrogen functional groups attached to an aromatic ring is 1. The van der Waals surface area contributed by atoms with E-state index in [4.69, 9.17) is 5.73 Å². The van der Waals surface area contributed by atoms with E-state index in [2.05, 4.69) is 27.1 Å². The van der Waals surface area contributed by atoms with Crippen molar-refractivity contribution in [1.82, 2.24) is 19.6 Å². The number of nitrogens with zero attached hydrogens (tertiary/aromatic N) is 4. The molecule has 2 N–H and O–H groups in total. The quantitative estimate of drug-likeness (QED) is 0.901. The smallest absolute Gasteiger partial charge is 0.148 e. The van der Waals surface area contributed by atoms with Gasteiger partial charge in [-0.15, -0.1) is 0 Å². The summed E-state index contributed by atoms with van der Waals surface area (Å²) in [5.74, 6) is 0.602. The van der Waals surface area contributed by atoms with Gasteiger partial charge in [0, 0.05) is 18.0 Å². The van der Waals surface area contributed by atoms with Crippen molar-refractivity contribution in [2.75, 3.05) is 5.73 Å². The van der Waals surface area contributed by atoms with Crippen molar-refractivity contribution in [2.45, 2.75) is 45.2 Å². The maximum atomic E-state index is 5.74. The van der Waals surface area contributed by atoms with Gasteiger partial charge in [0.1, 0.15) is 5.82 Å². The van der Waals surface area contributed by atoms with Crippen LogP contribution in [-0.4, -0.2) is 19.6 Å². The highest BCUT2D eigenvalue weighted by molar-refractivity contribution is 5.35. The number of nitrogens with two attached hydrogens (primary N) is 1. The van der Waals surface area contributed by atoms with Crippen molar-refractivity contribution in [3.05, 3.63) is 29.7 Å². The van der Waals surface area contributed by atoms with Gasteiger partial charge < -0.3 is 5.73 Å². The molecule has 0 spiro atoms. The molecule has 0 radical (unpaired) electrons. The molecule has 1 aliphatic rings. The third-order valence-corrected chi connectivity index (χ3v) is 3.67. The molecule has 0 unspecified atom stereocenters. The highest BCUT2D eigenvalue weighted by atomic mass is 15.3. The van der Waals surface area contributed by atoms with Crippen LogP contribution in [0.2, 0.25) is 0 Å². The van der Waals surface area contributed by atoms with E-state index in [1.807, 2.05) is 17.8 Å². The molecule has 5 nitrogen and oxygen atoms in total. The van der Waals surface area contributed by atoms with Crippen LogP contribution in [0.1, 0.15) is 43.0 Å². The zero-order valence-corrected chi connectivity index (χ0v) is 10.7. The van der Waals surface area contributed by atoms with Crippen LogP contribution >= 0.6 is 0 Å². The van der Waals surface area contributed by atoms with E-state index in [-0.39, 0.29) is 0 Å². The summed E-state index contributed by atoms with van der Waals surface area (Å²) in [6.45, 7) is 2.66. The zero-order chi connectivity index (χ0) is 12.5. The highest BCUT2D eigenvalue weighted by Gasteiger charge is 2.17. The average Bonchev–Trinajstić information content (AvgIpc) is 3.02. The van der Waals surface area contributed by atoms with Crippen molar-refractivity contribution in [1.29, 1.82) is 0 Å². The Kier molecular flexibility index (Phi) is 2.81. The van der Waals surface area contributed by atoms with Crippen LogP contribution in [0.3, 0.4) is 0 Å². The van der Waals surface area contributed by atoms with Crippen molar-refractivity contribution < 1.29 is 0 Å². The van der Waals surface area contributed by atoms with Crippen LogP contribution in [0.15, 0.2) is 18.5 Å². The number of hydrogen-bond donors (Lipinski definition) is 1. The SMILES string of the molecule is Cc1cn(Cc2ccn(C3CCCC3)n2)nc1N. The Labute approximate surface area is 107 Å². The summed E-state index contributed by atoms with van der Waals surface area (Å²) < 4.78 is 3.97. The van der Waals surface area contributed by atoms with Gasteiger partial charge in [0.05, 0.1) is 18.3 Å². The normalized spacial score (nSPS) is 16.5. The molecule has 1 fully saturated rings. The molecule has 0 bridgehead atoms. The molecule has 0 amide bonds. The largest absolute Gasteiger partial charge is 0.382 e. The second-order valence-corrected chi connectivity index (χ2v) is 5.12. The van der Waals surface area contributed by atoms with Crippen LogP contribution in [0, 0.1) is 6.92 Å². The van der Waals surface area contributed by atoms with Crippen LogP contribution in [0.25, 0.3) is 0 Å². The molecular weight excluding hydrogens is 226 g/mol. The number of anilines is 1. The van der Waals surface area contributed by atoms with Crippen LogP contribution in [-0.2, 0) is 6.54 Å². The second-order valence-electron chi connectivity index (χ2n) is 5.12. The minimum absolute atomic E-state index is 0.600. The number of rotatable bonds is 3. The Morgan fingerprint density at radius 2 is 2.11 bits per heavy atom. The summed E-state index contributed by atoms with van der Waals surface area (Å²) in [4.78, 5) is 0. The highest BCUT2D eigenvalue weighted by Crippen LogP contribution is 2.28. The van der Waals surface area contributed by atoms with E-state index in [0.717, 1.165) is 11.3 Å². The maximum Gasteiger partial charge on any atom is 0.148 e. The Bertz CT molecular complexity index is 514. The molecule has 1 saturated carbocycles. The standard InChI is InChI=1S/C13H19N5/c1-10-8-17(16-13(10)14)9-11-6-7-18(15-11)12-4-2-3-5-12/h6-8,12H,2-5,9H2,1H3,(H2,14,16). The number of aryl methyl sites for hydroxylation is 1. The van der Waals surface area contributed by atoms with Crippen molar-refractivity contribution in [2.24, 2.45) is 0 Å². The fourth-order valence-corrected chi connectivity index (χ4v) is 2.62. The Morgan fingerprint density at radius 1 is 1.33 bits per heavy atom. The van der Waals surface area contributed by atoms with E-state index in [0.29, 0.717) is 18.4 Å². The molecule has 96 valence electrons. The molecule has 2 heterocycles. The number of hydrogen-bond acceptors (Lipinski definition) is 3. The monoisotopic (exact) mass is 245 g/mol. The summed E-state index contributed by atoms with van der Waals surface area (Å²) in [6.07, 6.45) is 9.22. The molecule has 0 saturated heterocycles. The van der Waals surface area contributed by atoms with Gasteiger partial charge in [-0.25, -0.2) is 0 Å². The van der Waals surface area contributed by atoms with Crippen LogP contribution in [0.5, 0.6) is 0 Å². The first-order valence-corrected chi connectivity index (χ1v) is 6.56. The van der Waals surface area contributed by atoms with Gasteiger partial charge in [0.2, 0.25) is 0 Å². The van der Waals surface area contributed by atoms with E-state index in [1.165, 1.54) is 25.7 Å². The van der Waals surface area contributed by atoms with Gasteiger partial charge in [0.25, 0.3) is 0 Å². The van der Waals surface area contributed by atoms with E-state index >= 15 is 0 Å². The molecule has 0 aromatic carbocycles. The van der Waals surface area contributed by atoms with E-state index in [1.54, 1.807) is 0 Å². The molecule has 5 heteroatoms. The third kappa shape index (κ3) is 2.12. The van der Waals surface area contributed by atoms with Crippen molar-refractivity contribution in [3.8, 4) is 0 Å². The van der Waals surface area contributed by atoms with Crippen molar-refractivity contribution >= 4 is 5.82 Å². The van der Waals surface area contributed by atoms with Gasteiger partial charge in [-0.05, 0) is 25.8 Å². The topological polar surface area (TPSA) is 61.7 Å². The first kappa shape index (κ1) is 11.3. The van der Waals surface area contributed by atoms with E-state index < -0.39 is 0 Å². The minimum atomic E-state index is 0.600. The first-order chi connectivity index (χ1) is 8.72. The first-order valence-electron chi connectivity index (χ1n) is 6.56. The Hall–Kier alpha value is -1.78. The minimum Gasteiger partial charge on any atom is -0.382 e. The lowest BCUT2D eigenvalue weighted by Crippen LogP contribution is -2.07. The summed E-state index contributed by atoms with van der Waals surface area (Å²) in [7, 11) is 0. The lowest BCUT2D eigenvalue weighted by Gasteiger charge is -2.08. The molecule has 2 aromatic heterocycles. The zero-order valence-electron chi connectivity index (χ0n) is 10.7. The van der Waals surface area contributed by atoms with Gasteiger partial charge in [0.15, 0.2) is 0 Å². The van der Waals surface area contributed by atoms with Gasteiger partial charge >= 0.3 is 0 Å². The molecule has 0 aliphatic heterocycles. The molecule has 0 atom stereocenters. The van der Waals surface area contributed by atoms with Crippen LogP contribution in [0.4, 0.5) is 5.82 Å². The van der Waals surface area contributed by atoms with Crippen molar-refractivity contribution in [3.63, 3.8) is 0 Å². The van der Waals surface area contributed by atoms with Gasteiger partial charge in [-0.3, -0.25) is 9.36 Å². The predicted octanol–water partition coefficient (Wildman–Crippen LogP) is 2.13. The predicted molar refractivity (Wildman–Crippen MR) is 70.2 cm³/mol. The molecular formula is C13H19N5. The second kappa shape index (κ2) is 4.48. The van der Waals surface area contributed by atoms with E-state index in [9.17, 15) is 0 Å². The summed E-state index contributed by atoms with van der Waals surface area (Å²) in [5, 5.41) is 8.90. The van der Waals surface area contributed by atoms with Crippen LogP contribution < -0.4 is 5.73 Å². The molecule has 3 rings (SSSR count). The number of aromatic nitrogens is 4. The third-order valence-electron chi connectivity index (χ3n) is 3.67. The fraction of sp³-hybridized carbons (Fsp3) is 0.538. The Balaban J connectivity index is 1.73. The molecule has 18 heavy (non-hydrogen) atoms. The fourth-order valence-electron chi connectivity index (χ4n) is 2.62. The summed E-state index contributed by atoms with van der Waals surface area (Å²) >= 11 is 0. The van der Waals surface area contributed by atoms with Gasteiger partial charge in [-0.2, -0.15) is 10.2 Å². The Morgan fingerprint density at radius 3 is 2.78 bits per heavy atom. The average molecular weight is 245 g/mol. The maximum absolute atomic E-state index is 5.74. The lowest BCUT2D eigenvalue weighted by atomic mass is 10.3. The van der Waals surface area contributed by atoms with Gasteiger partial charge in [-0.1, -0.05) is 12.8 Å². The molecule has 1 aliphatic carbocycles. The lowest BCUT2D eigenvalue weighted by molar-refractivity contribution is 0.460. The molecule has 2 aromatic rings. The summed E-state index contributed by atoms with van der Waals surface area (Å²) in [5.41, 5.74) is 7.81. The summed E-state index contributed by atoms with van der Waals surface area (Å²) in [6, 6.07) is 2.68.